The Bertz CT molecular complexity index is 655. The lowest BCUT2D eigenvalue weighted by molar-refractivity contribution is 0.628. The van der Waals surface area contributed by atoms with Crippen LogP contribution in [0.25, 0.3) is 16.2 Å². The Morgan fingerprint density at radius 3 is 2.74 bits per heavy atom. The molecule has 0 bridgehead atoms. The first-order valence-corrected chi connectivity index (χ1v) is 6.89. The molecule has 19 heavy (non-hydrogen) atoms. The van der Waals surface area contributed by atoms with Gasteiger partial charge in [-0.25, -0.2) is 13.9 Å². The van der Waals surface area contributed by atoms with Gasteiger partial charge in [-0.05, 0) is 37.2 Å². The predicted octanol–water partition coefficient (Wildman–Crippen LogP) is 2.49. The Labute approximate surface area is 113 Å². The summed E-state index contributed by atoms with van der Waals surface area (Å²) in [6.45, 7) is 0.669. The molecule has 3 aromatic rings. The second-order valence-electron chi connectivity index (χ2n) is 4.25. The summed E-state index contributed by atoms with van der Waals surface area (Å²) in [6, 6.07) is 6.31. The van der Waals surface area contributed by atoms with Crippen LogP contribution in [-0.4, -0.2) is 21.1 Å². The Balaban J connectivity index is 1.90. The molecule has 0 radical (unpaired) electrons. The highest BCUT2D eigenvalue weighted by Crippen LogP contribution is 2.22. The summed E-state index contributed by atoms with van der Waals surface area (Å²) in [5.74, 6) is -0.244. The van der Waals surface area contributed by atoms with E-state index in [4.69, 9.17) is 5.73 Å². The third-order valence-electron chi connectivity index (χ3n) is 2.82. The van der Waals surface area contributed by atoms with E-state index in [2.05, 4.69) is 10.1 Å². The van der Waals surface area contributed by atoms with Crippen molar-refractivity contribution in [2.75, 3.05) is 6.54 Å². The monoisotopic (exact) mass is 276 g/mol. The van der Waals surface area contributed by atoms with Gasteiger partial charge in [0.15, 0.2) is 0 Å². The zero-order valence-electron chi connectivity index (χ0n) is 10.2. The van der Waals surface area contributed by atoms with E-state index in [1.807, 2.05) is 6.20 Å². The fourth-order valence-electron chi connectivity index (χ4n) is 1.86. The van der Waals surface area contributed by atoms with E-state index in [1.54, 1.807) is 28.0 Å². The highest BCUT2D eigenvalue weighted by Gasteiger charge is 2.09. The molecular weight excluding hydrogens is 263 g/mol. The zero-order valence-corrected chi connectivity index (χ0v) is 11.0. The third-order valence-corrected chi connectivity index (χ3v) is 3.80. The number of benzene rings is 1. The molecule has 2 aromatic heterocycles. The number of imidazole rings is 1. The first-order chi connectivity index (χ1) is 9.26. The van der Waals surface area contributed by atoms with Crippen molar-refractivity contribution in [2.24, 2.45) is 5.73 Å². The van der Waals surface area contributed by atoms with Gasteiger partial charge in [0.1, 0.15) is 10.8 Å². The van der Waals surface area contributed by atoms with Crippen LogP contribution in [0.1, 0.15) is 11.4 Å². The van der Waals surface area contributed by atoms with Gasteiger partial charge in [-0.2, -0.15) is 5.10 Å². The van der Waals surface area contributed by atoms with E-state index < -0.39 is 0 Å². The second kappa shape index (κ2) is 5.07. The molecule has 0 fully saturated rings. The summed E-state index contributed by atoms with van der Waals surface area (Å²) in [5.41, 5.74) is 7.18. The average molecular weight is 276 g/mol. The molecule has 2 N–H and O–H groups in total. The molecule has 0 saturated heterocycles. The predicted molar refractivity (Wildman–Crippen MR) is 73.6 cm³/mol. The summed E-state index contributed by atoms with van der Waals surface area (Å²) >= 11 is 1.57. The Morgan fingerprint density at radius 1 is 1.26 bits per heavy atom. The van der Waals surface area contributed by atoms with E-state index in [1.165, 1.54) is 12.1 Å². The minimum Gasteiger partial charge on any atom is -0.330 e. The van der Waals surface area contributed by atoms with Crippen molar-refractivity contribution in [2.45, 2.75) is 12.8 Å². The molecule has 0 aliphatic carbocycles. The van der Waals surface area contributed by atoms with Crippen LogP contribution in [0.15, 0.2) is 30.5 Å². The largest absolute Gasteiger partial charge is 0.330 e. The molecule has 3 rings (SSSR count). The lowest BCUT2D eigenvalue weighted by Gasteiger charge is -1.95. The minimum absolute atomic E-state index is 0.244. The molecule has 6 heteroatoms. The molecule has 0 atom stereocenters. The lowest BCUT2D eigenvalue weighted by Crippen LogP contribution is -2.00. The van der Waals surface area contributed by atoms with E-state index in [0.29, 0.717) is 6.54 Å². The summed E-state index contributed by atoms with van der Waals surface area (Å²) < 4.78 is 14.6. The van der Waals surface area contributed by atoms with Crippen LogP contribution in [0.5, 0.6) is 0 Å². The van der Waals surface area contributed by atoms with Gasteiger partial charge in [-0.3, -0.25) is 0 Å². The molecule has 0 unspecified atom stereocenters. The Hall–Kier alpha value is -1.79. The number of fused-ring (bicyclic) bond motifs is 1. The zero-order chi connectivity index (χ0) is 13.2. The van der Waals surface area contributed by atoms with Crippen molar-refractivity contribution in [3.05, 3.63) is 41.3 Å². The van der Waals surface area contributed by atoms with Crippen LogP contribution in [0, 0.1) is 5.82 Å². The van der Waals surface area contributed by atoms with E-state index in [-0.39, 0.29) is 5.82 Å². The lowest BCUT2D eigenvalue weighted by atomic mass is 10.2. The summed E-state index contributed by atoms with van der Waals surface area (Å²) in [6.07, 6.45) is 3.68. The molecule has 98 valence electrons. The van der Waals surface area contributed by atoms with Crippen molar-refractivity contribution < 1.29 is 4.39 Å². The topological polar surface area (TPSA) is 56.2 Å². The molecule has 0 aliphatic heterocycles. The molecule has 1 aromatic carbocycles. The maximum absolute atomic E-state index is 12.9. The maximum atomic E-state index is 12.9. The number of halogens is 1. The van der Waals surface area contributed by atoms with Crippen LogP contribution in [0.3, 0.4) is 0 Å². The van der Waals surface area contributed by atoms with Crippen molar-refractivity contribution >= 4 is 16.3 Å². The molecule has 2 heterocycles. The number of nitrogens with zero attached hydrogens (tertiary/aromatic N) is 3. The third kappa shape index (κ3) is 2.50. The molecule has 4 nitrogen and oxygen atoms in total. The fraction of sp³-hybridized carbons (Fsp3) is 0.231. The van der Waals surface area contributed by atoms with Gasteiger partial charge in [0.25, 0.3) is 0 Å². The fourth-order valence-corrected chi connectivity index (χ4v) is 2.77. The van der Waals surface area contributed by atoms with Crippen LogP contribution in [0.4, 0.5) is 4.39 Å². The van der Waals surface area contributed by atoms with Gasteiger partial charge < -0.3 is 5.73 Å². The van der Waals surface area contributed by atoms with Gasteiger partial charge in [0, 0.05) is 12.0 Å². The Morgan fingerprint density at radius 2 is 2.05 bits per heavy atom. The first-order valence-electron chi connectivity index (χ1n) is 6.07. The highest BCUT2D eigenvalue weighted by molar-refractivity contribution is 7.16. The SMILES string of the molecule is NCCCc1nn2cc(-c3ccc(F)cc3)nc2s1. The van der Waals surface area contributed by atoms with E-state index in [0.717, 1.165) is 34.1 Å². The minimum atomic E-state index is -0.244. The van der Waals surface area contributed by atoms with Crippen LogP contribution in [0.2, 0.25) is 0 Å². The molecule has 0 saturated carbocycles. The number of hydrogen-bond donors (Lipinski definition) is 1. The van der Waals surface area contributed by atoms with Gasteiger partial charge in [-0.15, -0.1) is 0 Å². The molecule has 0 aliphatic rings. The van der Waals surface area contributed by atoms with Crippen LogP contribution < -0.4 is 5.73 Å². The van der Waals surface area contributed by atoms with Gasteiger partial charge >= 0.3 is 0 Å². The normalized spacial score (nSPS) is 11.3. The van der Waals surface area contributed by atoms with Crippen molar-refractivity contribution in [1.82, 2.24) is 14.6 Å². The van der Waals surface area contributed by atoms with Crippen molar-refractivity contribution in [3.63, 3.8) is 0 Å². The van der Waals surface area contributed by atoms with Crippen molar-refractivity contribution in [3.8, 4) is 11.3 Å². The molecule has 0 spiro atoms. The standard InChI is InChI=1S/C13H13FN4S/c14-10-5-3-9(4-6-10)11-8-18-13(16-11)19-12(17-18)2-1-7-15/h3-6,8H,1-2,7,15H2. The second-order valence-corrected chi connectivity index (χ2v) is 5.29. The van der Waals surface area contributed by atoms with Gasteiger partial charge in [0.05, 0.1) is 11.9 Å². The van der Waals surface area contributed by atoms with Crippen molar-refractivity contribution in [1.29, 1.82) is 0 Å². The number of hydrogen-bond acceptors (Lipinski definition) is 4. The quantitative estimate of drug-likeness (QED) is 0.796. The summed E-state index contributed by atoms with van der Waals surface area (Å²) in [7, 11) is 0. The summed E-state index contributed by atoms with van der Waals surface area (Å²) in [5, 5.41) is 5.50. The van der Waals surface area contributed by atoms with Crippen LogP contribution in [-0.2, 0) is 6.42 Å². The summed E-state index contributed by atoms with van der Waals surface area (Å²) in [4.78, 5) is 5.36. The van der Waals surface area contributed by atoms with E-state index in [9.17, 15) is 4.39 Å². The Kier molecular flexibility index (Phi) is 3.27. The smallest absolute Gasteiger partial charge is 0.212 e. The molecule has 0 amide bonds. The van der Waals surface area contributed by atoms with Gasteiger partial charge in [0.2, 0.25) is 4.96 Å². The van der Waals surface area contributed by atoms with Crippen LogP contribution >= 0.6 is 11.3 Å². The molecular formula is C13H13FN4S. The van der Waals surface area contributed by atoms with Gasteiger partial charge in [-0.1, -0.05) is 11.3 Å². The first kappa shape index (κ1) is 12.3. The maximum Gasteiger partial charge on any atom is 0.212 e. The number of aromatic nitrogens is 3. The highest BCUT2D eigenvalue weighted by atomic mass is 32.1. The average Bonchev–Trinajstić information content (AvgIpc) is 2.95. The van der Waals surface area contributed by atoms with E-state index >= 15 is 0 Å². The number of nitrogens with two attached hydrogens (primary N) is 1. The number of aryl methyl sites for hydroxylation is 1. The number of rotatable bonds is 4.